The van der Waals surface area contributed by atoms with Gasteiger partial charge in [0.15, 0.2) is 5.65 Å². The van der Waals surface area contributed by atoms with Crippen molar-refractivity contribution in [1.82, 2.24) is 14.8 Å². The Labute approximate surface area is 93.5 Å². The van der Waals surface area contributed by atoms with Crippen LogP contribution in [0, 0.1) is 0 Å². The average molecular weight is 237 g/mol. The Morgan fingerprint density at radius 1 is 1.06 bits per heavy atom. The summed E-state index contributed by atoms with van der Waals surface area (Å²) in [7, 11) is 0. The fourth-order valence-corrected chi connectivity index (χ4v) is 1.75. The summed E-state index contributed by atoms with van der Waals surface area (Å²) in [6.07, 6.45) is -3.38. The molecule has 0 amide bonds. The highest BCUT2D eigenvalue weighted by Crippen LogP contribution is 2.27. The smallest absolute Gasteiger partial charge is 0.228 e. The normalized spacial score (nSPS) is 12.4. The number of pyridine rings is 1. The summed E-state index contributed by atoms with van der Waals surface area (Å²) in [5, 5.41) is 4.49. The molecular weight excluding hydrogens is 231 g/mol. The van der Waals surface area contributed by atoms with E-state index in [1.54, 1.807) is 24.3 Å². The molecule has 17 heavy (non-hydrogen) atoms. The summed E-state index contributed by atoms with van der Waals surface area (Å²) in [5.41, 5.74) is 0.349. The zero-order chi connectivity index (χ0) is 12.0. The topological polar surface area (TPSA) is 30.7 Å². The predicted octanol–water partition coefficient (Wildman–Crippen LogP) is 3.06. The van der Waals surface area contributed by atoms with Crippen LogP contribution in [-0.2, 0) is 6.30 Å². The van der Waals surface area contributed by atoms with Crippen molar-refractivity contribution in [3.8, 4) is 0 Å². The largest absolute Gasteiger partial charge is 0.506 e. The van der Waals surface area contributed by atoms with Crippen LogP contribution >= 0.6 is 0 Å². The standard InChI is InChI=1S/C11H6F3N3/c12-11(13,14)17-10-8(6-15-17)5-7-3-1-2-4-9(7)16-10/h1-6H. The summed E-state index contributed by atoms with van der Waals surface area (Å²) in [5.74, 6) is 0. The maximum absolute atomic E-state index is 12.6. The molecule has 2 aromatic heterocycles. The van der Waals surface area contributed by atoms with Crippen LogP contribution < -0.4 is 0 Å². The van der Waals surface area contributed by atoms with Crippen LogP contribution in [0.15, 0.2) is 36.5 Å². The molecule has 86 valence electrons. The van der Waals surface area contributed by atoms with E-state index < -0.39 is 6.30 Å². The lowest BCUT2D eigenvalue weighted by atomic mass is 10.2. The first kappa shape index (κ1) is 10.1. The Morgan fingerprint density at radius 3 is 2.59 bits per heavy atom. The third-order valence-corrected chi connectivity index (χ3v) is 2.49. The van der Waals surface area contributed by atoms with Crippen molar-refractivity contribution >= 4 is 21.9 Å². The van der Waals surface area contributed by atoms with E-state index in [-0.39, 0.29) is 10.3 Å². The Kier molecular flexibility index (Phi) is 1.89. The first-order valence-corrected chi connectivity index (χ1v) is 4.86. The van der Waals surface area contributed by atoms with Crippen molar-refractivity contribution in [2.75, 3.05) is 0 Å². The van der Waals surface area contributed by atoms with Crippen LogP contribution in [0.4, 0.5) is 13.2 Å². The molecular formula is C11H6F3N3. The van der Waals surface area contributed by atoms with Crippen LogP contribution in [0.2, 0.25) is 0 Å². The van der Waals surface area contributed by atoms with Crippen molar-refractivity contribution in [1.29, 1.82) is 0 Å². The predicted molar refractivity (Wildman–Crippen MR) is 56.3 cm³/mol. The molecule has 3 nitrogen and oxygen atoms in total. The van der Waals surface area contributed by atoms with Gasteiger partial charge in [-0.2, -0.15) is 9.78 Å². The SMILES string of the molecule is FC(F)(F)n1ncc2cc3ccccc3nc21. The highest BCUT2D eigenvalue weighted by Gasteiger charge is 2.34. The van der Waals surface area contributed by atoms with Gasteiger partial charge in [0.1, 0.15) is 0 Å². The van der Waals surface area contributed by atoms with Gasteiger partial charge in [0, 0.05) is 10.8 Å². The van der Waals surface area contributed by atoms with E-state index in [9.17, 15) is 13.2 Å². The van der Waals surface area contributed by atoms with Gasteiger partial charge in [-0.1, -0.05) is 18.2 Å². The van der Waals surface area contributed by atoms with Crippen LogP contribution in [0.25, 0.3) is 21.9 Å². The minimum atomic E-state index is -4.54. The minimum Gasteiger partial charge on any atom is -0.228 e. The molecule has 0 bridgehead atoms. The highest BCUT2D eigenvalue weighted by molar-refractivity contribution is 5.90. The van der Waals surface area contributed by atoms with Crippen molar-refractivity contribution in [3.05, 3.63) is 36.5 Å². The molecule has 0 N–H and O–H groups in total. The van der Waals surface area contributed by atoms with E-state index in [1.165, 1.54) is 6.20 Å². The molecule has 0 atom stereocenters. The van der Waals surface area contributed by atoms with Gasteiger partial charge in [0.2, 0.25) is 0 Å². The van der Waals surface area contributed by atoms with E-state index in [4.69, 9.17) is 0 Å². The van der Waals surface area contributed by atoms with Gasteiger partial charge in [-0.3, -0.25) is 0 Å². The number of para-hydroxylation sites is 1. The van der Waals surface area contributed by atoms with Gasteiger partial charge in [-0.25, -0.2) is 4.98 Å². The number of benzene rings is 1. The average Bonchev–Trinajstić information content (AvgIpc) is 2.68. The fourth-order valence-electron chi connectivity index (χ4n) is 1.75. The molecule has 0 unspecified atom stereocenters. The van der Waals surface area contributed by atoms with Crippen LogP contribution in [0.3, 0.4) is 0 Å². The number of fused-ring (bicyclic) bond motifs is 2. The fraction of sp³-hybridized carbons (Fsp3) is 0.0909. The second kappa shape index (κ2) is 3.19. The molecule has 2 heterocycles. The summed E-state index contributed by atoms with van der Waals surface area (Å²) >= 11 is 0. The van der Waals surface area contributed by atoms with Gasteiger partial charge >= 0.3 is 6.30 Å². The zero-order valence-electron chi connectivity index (χ0n) is 8.44. The highest BCUT2D eigenvalue weighted by atomic mass is 19.4. The summed E-state index contributed by atoms with van der Waals surface area (Å²) in [6.45, 7) is 0. The molecule has 3 rings (SSSR count). The van der Waals surface area contributed by atoms with E-state index >= 15 is 0 Å². The lowest BCUT2D eigenvalue weighted by Gasteiger charge is -2.06. The van der Waals surface area contributed by atoms with Crippen LogP contribution in [-0.4, -0.2) is 14.8 Å². The molecule has 0 radical (unpaired) electrons. The van der Waals surface area contributed by atoms with Gasteiger partial charge in [0.05, 0.1) is 11.7 Å². The van der Waals surface area contributed by atoms with Crippen molar-refractivity contribution in [2.24, 2.45) is 0 Å². The molecule has 0 aliphatic rings. The number of hydrogen-bond acceptors (Lipinski definition) is 2. The summed E-state index contributed by atoms with van der Waals surface area (Å²) in [6, 6.07) is 8.65. The third-order valence-electron chi connectivity index (χ3n) is 2.49. The van der Waals surface area contributed by atoms with E-state index in [0.29, 0.717) is 10.9 Å². The van der Waals surface area contributed by atoms with Crippen molar-refractivity contribution in [3.63, 3.8) is 0 Å². The van der Waals surface area contributed by atoms with E-state index in [0.717, 1.165) is 5.39 Å². The van der Waals surface area contributed by atoms with E-state index in [1.807, 2.05) is 6.07 Å². The molecule has 0 aliphatic heterocycles. The molecule has 0 fully saturated rings. The number of nitrogens with zero attached hydrogens (tertiary/aromatic N) is 3. The number of halogens is 3. The summed E-state index contributed by atoms with van der Waals surface area (Å²) in [4.78, 5) is 3.98. The Hall–Kier alpha value is -2.11. The van der Waals surface area contributed by atoms with Crippen molar-refractivity contribution < 1.29 is 13.2 Å². The second-order valence-electron chi connectivity index (χ2n) is 3.62. The van der Waals surface area contributed by atoms with Gasteiger partial charge in [-0.15, -0.1) is 13.2 Å². The third kappa shape index (κ3) is 1.52. The number of rotatable bonds is 0. The monoisotopic (exact) mass is 237 g/mol. The van der Waals surface area contributed by atoms with Crippen molar-refractivity contribution in [2.45, 2.75) is 6.30 Å². The molecule has 6 heteroatoms. The van der Waals surface area contributed by atoms with Gasteiger partial charge < -0.3 is 0 Å². The molecule has 0 saturated carbocycles. The maximum Gasteiger partial charge on any atom is 0.506 e. The van der Waals surface area contributed by atoms with Gasteiger partial charge in [-0.05, 0) is 12.1 Å². The first-order chi connectivity index (χ1) is 8.05. The molecule has 0 saturated heterocycles. The lowest BCUT2D eigenvalue weighted by molar-refractivity contribution is -0.209. The lowest BCUT2D eigenvalue weighted by Crippen LogP contribution is -2.18. The number of hydrogen-bond donors (Lipinski definition) is 0. The van der Waals surface area contributed by atoms with E-state index in [2.05, 4.69) is 10.1 Å². The van der Waals surface area contributed by atoms with Crippen LogP contribution in [0.5, 0.6) is 0 Å². The molecule has 1 aromatic carbocycles. The molecule has 0 spiro atoms. The minimum absolute atomic E-state index is 0.0191. The Balaban J connectivity index is 2.39. The number of aromatic nitrogens is 3. The summed E-state index contributed by atoms with van der Waals surface area (Å²) < 4.78 is 37.8. The first-order valence-electron chi connectivity index (χ1n) is 4.86. The maximum atomic E-state index is 12.6. The zero-order valence-corrected chi connectivity index (χ0v) is 8.44. The second-order valence-corrected chi connectivity index (χ2v) is 3.62. The quantitative estimate of drug-likeness (QED) is 0.601. The van der Waals surface area contributed by atoms with Crippen LogP contribution in [0.1, 0.15) is 0 Å². The molecule has 3 aromatic rings. The Bertz CT molecular complexity index is 700. The van der Waals surface area contributed by atoms with Gasteiger partial charge in [0.25, 0.3) is 0 Å². The molecule has 0 aliphatic carbocycles. The Morgan fingerprint density at radius 2 is 1.82 bits per heavy atom. The number of alkyl halides is 3.